The Morgan fingerprint density at radius 1 is 1.67 bits per heavy atom. The lowest BCUT2D eigenvalue weighted by atomic mass is 9.75. The topological polar surface area (TPSA) is 61.6 Å². The lowest BCUT2D eigenvalue weighted by molar-refractivity contribution is -0.238. The number of halogens is 1. The summed E-state index contributed by atoms with van der Waals surface area (Å²) >= 11 is 1.91. The molecule has 15 heavy (non-hydrogen) atoms. The first-order chi connectivity index (χ1) is 6.82. The van der Waals surface area contributed by atoms with Crippen molar-refractivity contribution >= 4 is 28.7 Å². The number of rotatable bonds is 1. The lowest BCUT2D eigenvalue weighted by Crippen LogP contribution is -2.65. The Morgan fingerprint density at radius 2 is 2.27 bits per heavy atom. The van der Waals surface area contributed by atoms with Crippen molar-refractivity contribution in [2.45, 2.75) is 32.5 Å². The molecule has 0 saturated carbocycles. The summed E-state index contributed by atoms with van der Waals surface area (Å²) < 4.78 is 13.2. The van der Waals surface area contributed by atoms with Gasteiger partial charge in [0.1, 0.15) is 12.7 Å². The van der Waals surface area contributed by atoms with Crippen molar-refractivity contribution in [3.8, 4) is 9.85 Å². The molecule has 0 radical (unpaired) electrons. The maximum atomic E-state index is 10.8. The first kappa shape index (κ1) is 12.6. The highest BCUT2D eigenvalue weighted by Crippen LogP contribution is 2.40. The van der Waals surface area contributed by atoms with Crippen molar-refractivity contribution in [3.63, 3.8) is 0 Å². The number of hydrogen-bond acceptors (Lipinski definition) is 3. The van der Waals surface area contributed by atoms with Crippen molar-refractivity contribution in [2.75, 3.05) is 6.61 Å². The van der Waals surface area contributed by atoms with Crippen LogP contribution in [0.1, 0.15) is 20.8 Å². The molecule has 1 fully saturated rings. The minimum absolute atomic E-state index is 0.145. The first-order valence-corrected chi connectivity index (χ1v) is 5.62. The van der Waals surface area contributed by atoms with Gasteiger partial charge < -0.3 is 15.2 Å². The smallest absolute Gasteiger partial charge is 0.406 e. The third-order valence-corrected chi connectivity index (χ3v) is 2.49. The first-order valence-electron chi connectivity index (χ1n) is 4.55. The minimum atomic E-state index is -0.870. The number of carbonyl (C=O) groups is 1. The zero-order valence-corrected chi connectivity index (χ0v) is 11.1. The number of amides is 1. The number of carbonyl (C=O) groups excluding carboxylic acids is 1. The van der Waals surface area contributed by atoms with Crippen molar-refractivity contribution < 1.29 is 14.3 Å². The molecule has 2 unspecified atom stereocenters. The van der Waals surface area contributed by atoms with Gasteiger partial charge in [-0.1, -0.05) is 20.8 Å². The predicted octanol–water partition coefficient (Wildman–Crippen LogP) is 1.66. The van der Waals surface area contributed by atoms with E-state index in [1.165, 1.54) is 0 Å². The van der Waals surface area contributed by atoms with Crippen molar-refractivity contribution in [2.24, 2.45) is 11.1 Å². The van der Waals surface area contributed by atoms with Crippen LogP contribution < -0.4 is 5.73 Å². The third kappa shape index (κ3) is 2.55. The number of hydrogen-bond donors (Lipinski definition) is 1. The maximum absolute atomic E-state index is 10.8. The molecule has 2 atom stereocenters. The normalized spacial score (nSPS) is 29.7. The molecular formula is C10H14INO3. The predicted molar refractivity (Wildman–Crippen MR) is 64.4 cm³/mol. The minimum Gasteiger partial charge on any atom is -0.424 e. The van der Waals surface area contributed by atoms with E-state index in [0.29, 0.717) is 0 Å². The number of primary amides is 1. The van der Waals surface area contributed by atoms with Gasteiger partial charge >= 0.3 is 6.09 Å². The van der Waals surface area contributed by atoms with Crippen LogP contribution in [-0.2, 0) is 9.47 Å². The molecule has 0 spiro atoms. The van der Waals surface area contributed by atoms with E-state index in [1.807, 2.05) is 43.4 Å². The average molecular weight is 323 g/mol. The second kappa shape index (κ2) is 4.18. The van der Waals surface area contributed by atoms with Gasteiger partial charge in [-0.25, -0.2) is 4.79 Å². The SMILES string of the molecule is CC(C)(C)C1OCC1(C#CI)OC(N)=O. The molecule has 0 bridgehead atoms. The summed E-state index contributed by atoms with van der Waals surface area (Å²) in [5.41, 5.74) is 4.02. The molecule has 84 valence electrons. The van der Waals surface area contributed by atoms with Crippen molar-refractivity contribution in [1.82, 2.24) is 0 Å². The van der Waals surface area contributed by atoms with Crippen LogP contribution in [0.5, 0.6) is 0 Å². The van der Waals surface area contributed by atoms with Crippen LogP contribution in [0.4, 0.5) is 4.79 Å². The van der Waals surface area contributed by atoms with Crippen LogP contribution in [-0.4, -0.2) is 24.4 Å². The average Bonchev–Trinajstić information content (AvgIpc) is 1.97. The molecule has 0 aliphatic carbocycles. The fourth-order valence-corrected chi connectivity index (χ4v) is 2.19. The maximum Gasteiger partial charge on any atom is 0.406 e. The van der Waals surface area contributed by atoms with Crippen LogP contribution >= 0.6 is 22.6 Å². The van der Waals surface area contributed by atoms with Crippen molar-refractivity contribution in [3.05, 3.63) is 0 Å². The molecule has 0 aromatic rings. The second-order valence-corrected chi connectivity index (χ2v) is 5.13. The fraction of sp³-hybridized carbons (Fsp3) is 0.700. The summed E-state index contributed by atoms with van der Waals surface area (Å²) in [6.45, 7) is 6.30. The van der Waals surface area contributed by atoms with Crippen molar-refractivity contribution in [1.29, 1.82) is 0 Å². The molecule has 1 aliphatic heterocycles. The van der Waals surface area contributed by atoms with E-state index in [0.717, 1.165) is 0 Å². The largest absolute Gasteiger partial charge is 0.424 e. The number of nitrogens with two attached hydrogens (primary N) is 1. The molecule has 2 N–H and O–H groups in total. The van der Waals surface area contributed by atoms with Gasteiger partial charge in [0.2, 0.25) is 5.60 Å². The van der Waals surface area contributed by atoms with Crippen LogP contribution in [0.15, 0.2) is 0 Å². The molecule has 0 aromatic heterocycles. The Labute approximate surface area is 103 Å². The van der Waals surface area contributed by atoms with Crippen LogP contribution in [0.2, 0.25) is 0 Å². The summed E-state index contributed by atoms with van der Waals surface area (Å²) in [6.07, 6.45) is -1.05. The van der Waals surface area contributed by atoms with Gasteiger partial charge in [0.05, 0.1) is 0 Å². The highest BCUT2D eigenvalue weighted by molar-refractivity contribution is 14.1. The highest BCUT2D eigenvalue weighted by Gasteiger charge is 2.56. The van der Waals surface area contributed by atoms with Gasteiger partial charge in [-0.15, -0.1) is 0 Å². The molecule has 1 amide bonds. The molecule has 1 saturated heterocycles. The molecule has 1 rings (SSSR count). The summed E-state index contributed by atoms with van der Waals surface area (Å²) in [4.78, 5) is 10.8. The summed E-state index contributed by atoms with van der Waals surface area (Å²) in [7, 11) is 0. The van der Waals surface area contributed by atoms with E-state index in [4.69, 9.17) is 15.2 Å². The highest BCUT2D eigenvalue weighted by atomic mass is 127. The fourth-order valence-electron chi connectivity index (χ4n) is 1.74. The van der Waals surface area contributed by atoms with Gasteiger partial charge in [-0.2, -0.15) is 0 Å². The van der Waals surface area contributed by atoms with E-state index >= 15 is 0 Å². The Hall–Kier alpha value is -0.480. The van der Waals surface area contributed by atoms with E-state index in [-0.39, 0.29) is 18.1 Å². The molecule has 1 aliphatic rings. The zero-order valence-electron chi connectivity index (χ0n) is 8.96. The van der Waals surface area contributed by atoms with E-state index in [2.05, 4.69) is 9.85 Å². The summed E-state index contributed by atoms with van der Waals surface area (Å²) in [5.74, 6) is 2.87. The summed E-state index contributed by atoms with van der Waals surface area (Å²) in [5, 5.41) is 0. The standard InChI is InChI=1S/C10H14INO3/c1-9(2,3)7-10(4-5-11,6-14-7)15-8(12)13/h7H,6H2,1-3H3,(H2,12,13). The van der Waals surface area contributed by atoms with Gasteiger partial charge in [0, 0.05) is 22.6 Å². The summed E-state index contributed by atoms with van der Waals surface area (Å²) in [6, 6.07) is 0. The molecular weight excluding hydrogens is 309 g/mol. The zero-order chi connectivity index (χ0) is 11.7. The Kier molecular flexibility index (Phi) is 3.51. The molecule has 1 heterocycles. The quantitative estimate of drug-likeness (QED) is 0.590. The van der Waals surface area contributed by atoms with E-state index in [1.54, 1.807) is 0 Å². The molecule has 4 nitrogen and oxygen atoms in total. The van der Waals surface area contributed by atoms with Gasteiger partial charge in [-0.3, -0.25) is 0 Å². The van der Waals surface area contributed by atoms with E-state index in [9.17, 15) is 4.79 Å². The third-order valence-electron chi connectivity index (χ3n) is 2.22. The van der Waals surface area contributed by atoms with Gasteiger partial charge in [0.15, 0.2) is 0 Å². The Morgan fingerprint density at radius 3 is 2.53 bits per heavy atom. The Bertz CT molecular complexity index is 326. The molecule has 5 heteroatoms. The van der Waals surface area contributed by atoms with Gasteiger partial charge in [-0.05, 0) is 15.3 Å². The van der Waals surface area contributed by atoms with E-state index < -0.39 is 11.7 Å². The van der Waals surface area contributed by atoms with Gasteiger partial charge in [0.25, 0.3) is 0 Å². The lowest BCUT2D eigenvalue weighted by Gasteiger charge is -2.49. The van der Waals surface area contributed by atoms with Crippen LogP contribution in [0, 0.1) is 15.3 Å². The molecule has 0 aromatic carbocycles. The monoisotopic (exact) mass is 323 g/mol. The second-order valence-electron chi connectivity index (χ2n) is 4.59. The van der Waals surface area contributed by atoms with Crippen LogP contribution in [0.3, 0.4) is 0 Å². The van der Waals surface area contributed by atoms with Crippen LogP contribution in [0.25, 0.3) is 0 Å². The number of ether oxygens (including phenoxy) is 2. The Balaban J connectivity index is 2.92.